The standard InChI is InChI=1S/C11H13F10NO3S/c1-3-22(4-5-23)26(24,25)11(21)6(2,12)7(13,14)8(15,16)9(17,18)10(11,19)20/h23H,3-5H2,1-2H3. The van der Waals surface area contributed by atoms with Crippen molar-refractivity contribution in [3.63, 3.8) is 0 Å². The fraction of sp³-hybridized carbons (Fsp3) is 1.00. The maximum atomic E-state index is 14.9. The van der Waals surface area contributed by atoms with Crippen molar-refractivity contribution in [3.05, 3.63) is 0 Å². The van der Waals surface area contributed by atoms with E-state index in [1.807, 2.05) is 0 Å². The van der Waals surface area contributed by atoms with Gasteiger partial charge in [-0.1, -0.05) is 6.92 Å². The van der Waals surface area contributed by atoms with Crippen LogP contribution in [-0.2, 0) is 10.0 Å². The Morgan fingerprint density at radius 2 is 1.19 bits per heavy atom. The van der Waals surface area contributed by atoms with Crippen molar-refractivity contribution >= 4 is 10.0 Å². The Morgan fingerprint density at radius 3 is 1.54 bits per heavy atom. The molecule has 1 saturated carbocycles. The highest BCUT2D eigenvalue weighted by Crippen LogP contribution is 2.70. The summed E-state index contributed by atoms with van der Waals surface area (Å²) in [5, 5.41) is 2.16. The summed E-state index contributed by atoms with van der Waals surface area (Å²) in [5.41, 5.74) is -5.98. The van der Waals surface area contributed by atoms with Crippen LogP contribution in [0, 0.1) is 0 Å². The third-order valence-corrected chi connectivity index (χ3v) is 6.65. The number of aliphatic hydroxyl groups is 1. The van der Waals surface area contributed by atoms with E-state index in [4.69, 9.17) is 5.11 Å². The molecular formula is C11H13F10NO3S. The van der Waals surface area contributed by atoms with E-state index in [1.54, 1.807) is 0 Å². The lowest BCUT2D eigenvalue weighted by atomic mass is 9.74. The van der Waals surface area contributed by atoms with Gasteiger partial charge in [-0.25, -0.2) is 17.2 Å². The molecule has 2 unspecified atom stereocenters. The van der Waals surface area contributed by atoms with Crippen LogP contribution in [0.5, 0.6) is 0 Å². The maximum Gasteiger partial charge on any atom is 0.383 e. The first-order chi connectivity index (χ1) is 11.3. The first kappa shape index (κ1) is 23.2. The average molecular weight is 429 g/mol. The zero-order valence-corrected chi connectivity index (χ0v) is 13.8. The summed E-state index contributed by atoms with van der Waals surface area (Å²) < 4.78 is 162. The van der Waals surface area contributed by atoms with Crippen LogP contribution in [0.4, 0.5) is 43.9 Å². The second-order valence-corrected chi connectivity index (χ2v) is 7.65. The van der Waals surface area contributed by atoms with Gasteiger partial charge < -0.3 is 5.11 Å². The van der Waals surface area contributed by atoms with Crippen molar-refractivity contribution < 1.29 is 57.4 Å². The molecule has 1 aliphatic carbocycles. The lowest BCUT2D eigenvalue weighted by Gasteiger charge is -2.54. The molecule has 2 atom stereocenters. The summed E-state index contributed by atoms with van der Waals surface area (Å²) in [5.74, 6) is -28.3. The Balaban J connectivity index is 3.99. The molecule has 0 radical (unpaired) electrons. The topological polar surface area (TPSA) is 57.6 Å². The van der Waals surface area contributed by atoms with Crippen LogP contribution in [0.25, 0.3) is 0 Å². The number of sulfonamides is 1. The summed E-state index contributed by atoms with van der Waals surface area (Å²) in [6.07, 6.45) is 0. The number of likely N-dealkylation sites (N-methyl/N-ethyl adjacent to an activating group) is 1. The minimum atomic E-state index is -7.27. The largest absolute Gasteiger partial charge is 0.395 e. The number of halogens is 10. The molecule has 26 heavy (non-hydrogen) atoms. The van der Waals surface area contributed by atoms with Gasteiger partial charge in [0.15, 0.2) is 0 Å². The zero-order valence-electron chi connectivity index (χ0n) is 13.0. The maximum absolute atomic E-state index is 14.9. The smallest absolute Gasteiger partial charge is 0.383 e. The van der Waals surface area contributed by atoms with Crippen LogP contribution in [0.3, 0.4) is 0 Å². The zero-order chi connectivity index (χ0) is 21.2. The van der Waals surface area contributed by atoms with E-state index in [0.29, 0.717) is 0 Å². The highest BCUT2D eigenvalue weighted by molar-refractivity contribution is 7.90. The molecule has 1 N–H and O–H groups in total. The monoisotopic (exact) mass is 429 g/mol. The molecule has 156 valence electrons. The first-order valence-corrected chi connectivity index (χ1v) is 8.21. The third-order valence-electron chi connectivity index (χ3n) is 4.18. The number of aliphatic hydroxyl groups excluding tert-OH is 1. The highest BCUT2D eigenvalue weighted by atomic mass is 32.2. The Kier molecular flexibility index (Phi) is 5.21. The molecule has 0 bridgehead atoms. The normalized spacial score (nSPS) is 35.5. The highest BCUT2D eigenvalue weighted by Gasteiger charge is 3.01. The van der Waals surface area contributed by atoms with E-state index in [2.05, 4.69) is 0 Å². The molecule has 0 heterocycles. The molecule has 0 aromatic heterocycles. The summed E-state index contributed by atoms with van der Waals surface area (Å²) in [7, 11) is -6.76. The van der Waals surface area contributed by atoms with E-state index in [-0.39, 0.29) is 0 Å². The molecule has 4 nitrogen and oxygen atoms in total. The van der Waals surface area contributed by atoms with Crippen LogP contribution in [0.15, 0.2) is 0 Å². The molecule has 0 spiro atoms. The Hall–Kier alpha value is -0.830. The minimum Gasteiger partial charge on any atom is -0.395 e. The molecule has 0 amide bonds. The van der Waals surface area contributed by atoms with Gasteiger partial charge in [0.1, 0.15) is 0 Å². The first-order valence-electron chi connectivity index (χ1n) is 6.77. The van der Waals surface area contributed by atoms with Crippen molar-refractivity contribution in [2.24, 2.45) is 0 Å². The predicted octanol–water partition coefficient (Wildman–Crippen LogP) is 2.58. The van der Waals surface area contributed by atoms with E-state index in [0.717, 1.165) is 6.92 Å². The number of hydrogen-bond donors (Lipinski definition) is 1. The Labute approximate surface area is 140 Å². The van der Waals surface area contributed by atoms with Gasteiger partial charge in [-0.3, -0.25) is 0 Å². The quantitative estimate of drug-likeness (QED) is 0.684. The molecular weight excluding hydrogens is 416 g/mol. The SMILES string of the molecule is CCN(CCO)S(=O)(=O)C1(F)C(C)(F)C(F)(F)C(F)(F)C(F)(F)C1(F)F. The molecule has 0 saturated heterocycles. The summed E-state index contributed by atoms with van der Waals surface area (Å²) in [6, 6.07) is 0. The molecule has 1 fully saturated rings. The molecule has 15 heteroatoms. The third kappa shape index (κ3) is 2.13. The molecule has 0 aliphatic heterocycles. The van der Waals surface area contributed by atoms with Gasteiger partial charge in [-0.2, -0.15) is 39.4 Å². The van der Waals surface area contributed by atoms with Crippen molar-refractivity contribution in [2.45, 2.75) is 48.2 Å². The fourth-order valence-corrected chi connectivity index (χ4v) is 4.61. The van der Waals surface area contributed by atoms with Crippen molar-refractivity contribution in [1.29, 1.82) is 0 Å². The van der Waals surface area contributed by atoms with Crippen molar-refractivity contribution in [3.8, 4) is 0 Å². The van der Waals surface area contributed by atoms with Crippen molar-refractivity contribution in [2.75, 3.05) is 19.7 Å². The van der Waals surface area contributed by atoms with Crippen molar-refractivity contribution in [1.82, 2.24) is 4.31 Å². The van der Waals surface area contributed by atoms with Crippen LogP contribution >= 0.6 is 0 Å². The summed E-state index contributed by atoms with van der Waals surface area (Å²) in [6.45, 7) is -3.72. The fourth-order valence-electron chi connectivity index (χ4n) is 2.53. The summed E-state index contributed by atoms with van der Waals surface area (Å²) in [4.78, 5) is 0. The second kappa shape index (κ2) is 5.83. The Bertz CT molecular complexity index is 633. The van der Waals surface area contributed by atoms with Gasteiger partial charge in [-0.05, 0) is 6.92 Å². The van der Waals surface area contributed by atoms with Gasteiger partial charge in [0.2, 0.25) is 5.67 Å². The number of nitrogens with zero attached hydrogens (tertiary/aromatic N) is 1. The van der Waals surface area contributed by atoms with Gasteiger partial charge in [0.05, 0.1) is 6.61 Å². The number of alkyl halides is 10. The van der Waals surface area contributed by atoms with E-state index in [1.165, 1.54) is 0 Å². The van der Waals surface area contributed by atoms with Crippen LogP contribution in [-0.4, -0.2) is 71.9 Å². The van der Waals surface area contributed by atoms with Crippen LogP contribution in [0.2, 0.25) is 0 Å². The Morgan fingerprint density at radius 1 is 0.808 bits per heavy atom. The molecule has 0 aromatic carbocycles. The predicted molar refractivity (Wildman–Crippen MR) is 66.4 cm³/mol. The van der Waals surface area contributed by atoms with Gasteiger partial charge in [0.25, 0.3) is 10.0 Å². The molecule has 1 aliphatic rings. The van der Waals surface area contributed by atoms with Crippen LogP contribution in [0.1, 0.15) is 13.8 Å². The lowest BCUT2D eigenvalue weighted by molar-refractivity contribution is -0.447. The number of rotatable bonds is 5. The van der Waals surface area contributed by atoms with E-state index < -0.39 is 75.3 Å². The minimum absolute atomic E-state index is 0.533. The number of hydrogen-bond acceptors (Lipinski definition) is 3. The van der Waals surface area contributed by atoms with Crippen LogP contribution < -0.4 is 0 Å². The van der Waals surface area contributed by atoms with E-state index >= 15 is 0 Å². The second-order valence-electron chi connectivity index (χ2n) is 5.62. The summed E-state index contributed by atoms with van der Waals surface area (Å²) >= 11 is 0. The lowest BCUT2D eigenvalue weighted by Crippen LogP contribution is -2.86. The van der Waals surface area contributed by atoms with Gasteiger partial charge in [-0.15, -0.1) is 0 Å². The van der Waals surface area contributed by atoms with Gasteiger partial charge in [0, 0.05) is 13.1 Å². The molecule has 0 aromatic rings. The van der Waals surface area contributed by atoms with E-state index in [9.17, 15) is 52.3 Å². The molecule has 1 rings (SSSR count). The van der Waals surface area contributed by atoms with Gasteiger partial charge >= 0.3 is 28.7 Å². The average Bonchev–Trinajstić information content (AvgIpc) is 2.49.